The second-order valence-electron chi connectivity index (χ2n) is 4.87. The van der Waals surface area contributed by atoms with Crippen LogP contribution in [0.15, 0.2) is 22.7 Å². The molecule has 1 fully saturated rings. The van der Waals surface area contributed by atoms with Crippen molar-refractivity contribution in [3.63, 3.8) is 0 Å². The zero-order chi connectivity index (χ0) is 13.9. The smallest absolute Gasteiger partial charge is 0.303 e. The molecular formula is C14H17BrO4. The van der Waals surface area contributed by atoms with Gasteiger partial charge >= 0.3 is 5.97 Å². The van der Waals surface area contributed by atoms with E-state index in [0.29, 0.717) is 19.6 Å². The lowest BCUT2D eigenvalue weighted by Gasteiger charge is -2.42. The van der Waals surface area contributed by atoms with E-state index >= 15 is 0 Å². The van der Waals surface area contributed by atoms with Gasteiger partial charge in [0.25, 0.3) is 0 Å². The van der Waals surface area contributed by atoms with E-state index in [-0.39, 0.29) is 11.8 Å². The molecule has 0 radical (unpaired) electrons. The third-order valence-electron chi connectivity index (χ3n) is 3.57. The standard InChI is InChI=1S/C14H17BrO4/c1-18-12-5-4-10(7-11(12)15)14(8-19-9-14)6-2-3-13(16)17/h4-5,7H,2-3,6,8-9H2,1H3,(H,16,17). The maximum Gasteiger partial charge on any atom is 0.303 e. The number of hydrogen-bond donors (Lipinski definition) is 1. The van der Waals surface area contributed by atoms with Crippen molar-refractivity contribution in [1.29, 1.82) is 0 Å². The first kappa shape index (κ1) is 14.3. The molecule has 1 N–H and O–H groups in total. The van der Waals surface area contributed by atoms with Crippen LogP contribution in [0.5, 0.6) is 5.75 Å². The molecule has 1 aromatic carbocycles. The maximum atomic E-state index is 10.6. The minimum absolute atomic E-state index is 0.0375. The third kappa shape index (κ3) is 3.09. The van der Waals surface area contributed by atoms with Gasteiger partial charge in [-0.1, -0.05) is 6.07 Å². The number of benzene rings is 1. The molecule has 0 atom stereocenters. The number of carboxylic acids is 1. The quantitative estimate of drug-likeness (QED) is 0.872. The summed E-state index contributed by atoms with van der Waals surface area (Å²) in [5.74, 6) is 0.0518. The zero-order valence-electron chi connectivity index (χ0n) is 10.8. The highest BCUT2D eigenvalue weighted by Crippen LogP contribution is 2.40. The Labute approximate surface area is 120 Å². The van der Waals surface area contributed by atoms with E-state index < -0.39 is 5.97 Å². The molecule has 104 valence electrons. The van der Waals surface area contributed by atoms with E-state index in [4.69, 9.17) is 14.6 Å². The molecule has 0 unspecified atom stereocenters. The normalized spacial score (nSPS) is 16.7. The number of hydrogen-bond acceptors (Lipinski definition) is 3. The molecule has 0 amide bonds. The van der Waals surface area contributed by atoms with Crippen LogP contribution in [0.3, 0.4) is 0 Å². The average molecular weight is 329 g/mol. The molecule has 0 aromatic heterocycles. The highest BCUT2D eigenvalue weighted by molar-refractivity contribution is 9.10. The lowest BCUT2D eigenvalue weighted by molar-refractivity contribution is -0.137. The first-order valence-electron chi connectivity index (χ1n) is 6.21. The second-order valence-corrected chi connectivity index (χ2v) is 5.72. The van der Waals surface area contributed by atoms with E-state index in [1.54, 1.807) is 7.11 Å². The molecule has 0 spiro atoms. The summed E-state index contributed by atoms with van der Waals surface area (Å²) >= 11 is 3.48. The molecule has 19 heavy (non-hydrogen) atoms. The number of halogens is 1. The van der Waals surface area contributed by atoms with Crippen molar-refractivity contribution in [3.05, 3.63) is 28.2 Å². The zero-order valence-corrected chi connectivity index (χ0v) is 12.4. The van der Waals surface area contributed by atoms with Crippen LogP contribution in [-0.4, -0.2) is 31.4 Å². The van der Waals surface area contributed by atoms with Gasteiger partial charge in [0.05, 0.1) is 24.8 Å². The predicted octanol–water partition coefficient (Wildman–Crippen LogP) is 2.98. The summed E-state index contributed by atoms with van der Waals surface area (Å²) < 4.78 is 11.5. The molecule has 0 bridgehead atoms. The van der Waals surface area contributed by atoms with Crippen molar-refractivity contribution in [2.24, 2.45) is 0 Å². The summed E-state index contributed by atoms with van der Waals surface area (Å²) in [6.45, 7) is 1.32. The summed E-state index contributed by atoms with van der Waals surface area (Å²) in [7, 11) is 1.63. The van der Waals surface area contributed by atoms with Crippen LogP contribution >= 0.6 is 15.9 Å². The Morgan fingerprint density at radius 3 is 2.74 bits per heavy atom. The number of aliphatic carboxylic acids is 1. The number of carboxylic acid groups (broad SMARTS) is 1. The van der Waals surface area contributed by atoms with Crippen LogP contribution in [-0.2, 0) is 14.9 Å². The van der Waals surface area contributed by atoms with Gasteiger partial charge in [0, 0.05) is 11.8 Å². The Balaban J connectivity index is 2.12. The molecular weight excluding hydrogens is 312 g/mol. The summed E-state index contributed by atoms with van der Waals surface area (Å²) in [6, 6.07) is 6.01. The molecule has 1 saturated heterocycles. The van der Waals surface area contributed by atoms with Crippen molar-refractivity contribution in [3.8, 4) is 5.75 Å². The van der Waals surface area contributed by atoms with Gasteiger partial charge in [-0.25, -0.2) is 0 Å². The van der Waals surface area contributed by atoms with Crippen molar-refractivity contribution < 1.29 is 19.4 Å². The highest BCUT2D eigenvalue weighted by Gasteiger charge is 2.40. The molecule has 4 nitrogen and oxygen atoms in total. The molecule has 2 rings (SSSR count). The lowest BCUT2D eigenvalue weighted by Crippen LogP contribution is -2.46. The van der Waals surface area contributed by atoms with Gasteiger partial charge in [-0.15, -0.1) is 0 Å². The van der Waals surface area contributed by atoms with E-state index in [9.17, 15) is 4.79 Å². The van der Waals surface area contributed by atoms with Gasteiger partial charge < -0.3 is 14.6 Å². The molecule has 1 aromatic rings. The Hall–Kier alpha value is -1.07. The largest absolute Gasteiger partial charge is 0.496 e. The molecule has 1 aliphatic heterocycles. The van der Waals surface area contributed by atoms with Crippen LogP contribution in [0.25, 0.3) is 0 Å². The minimum atomic E-state index is -0.744. The molecule has 5 heteroatoms. The molecule has 0 saturated carbocycles. The van der Waals surface area contributed by atoms with Crippen LogP contribution in [0.1, 0.15) is 24.8 Å². The first-order chi connectivity index (χ1) is 9.07. The first-order valence-corrected chi connectivity index (χ1v) is 7.00. The molecule has 0 aliphatic carbocycles. The predicted molar refractivity (Wildman–Crippen MR) is 74.7 cm³/mol. The van der Waals surface area contributed by atoms with Gasteiger partial charge in [-0.2, -0.15) is 0 Å². The van der Waals surface area contributed by atoms with E-state index in [0.717, 1.165) is 16.6 Å². The average Bonchev–Trinajstić information content (AvgIpc) is 2.32. The number of rotatable bonds is 6. The highest BCUT2D eigenvalue weighted by atomic mass is 79.9. The topological polar surface area (TPSA) is 55.8 Å². The fourth-order valence-electron chi connectivity index (χ4n) is 2.38. The van der Waals surface area contributed by atoms with Crippen LogP contribution < -0.4 is 4.74 Å². The van der Waals surface area contributed by atoms with Crippen LogP contribution in [0.4, 0.5) is 0 Å². The Morgan fingerprint density at radius 2 is 2.26 bits per heavy atom. The van der Waals surface area contributed by atoms with Crippen LogP contribution in [0.2, 0.25) is 0 Å². The molecule has 1 aliphatic rings. The van der Waals surface area contributed by atoms with E-state index in [1.807, 2.05) is 18.2 Å². The maximum absolute atomic E-state index is 10.6. The van der Waals surface area contributed by atoms with Gasteiger partial charge in [-0.3, -0.25) is 4.79 Å². The fraction of sp³-hybridized carbons (Fsp3) is 0.500. The van der Waals surface area contributed by atoms with E-state index in [2.05, 4.69) is 15.9 Å². The summed E-state index contributed by atoms with van der Waals surface area (Å²) in [5.41, 5.74) is 1.14. The van der Waals surface area contributed by atoms with Gasteiger partial charge in [0.1, 0.15) is 5.75 Å². The third-order valence-corrected chi connectivity index (χ3v) is 4.19. The van der Waals surface area contributed by atoms with Crippen LogP contribution in [0, 0.1) is 0 Å². The van der Waals surface area contributed by atoms with Gasteiger partial charge in [0.2, 0.25) is 0 Å². The summed E-state index contributed by atoms with van der Waals surface area (Å²) in [6.07, 6.45) is 1.71. The van der Waals surface area contributed by atoms with E-state index in [1.165, 1.54) is 5.56 Å². The Morgan fingerprint density at radius 1 is 1.53 bits per heavy atom. The fourth-order valence-corrected chi connectivity index (χ4v) is 2.92. The Kier molecular flexibility index (Phi) is 4.47. The van der Waals surface area contributed by atoms with Gasteiger partial charge in [0.15, 0.2) is 0 Å². The second kappa shape index (κ2) is 5.92. The number of ether oxygens (including phenoxy) is 2. The number of methoxy groups -OCH3 is 1. The lowest BCUT2D eigenvalue weighted by atomic mass is 9.75. The molecule has 1 heterocycles. The monoisotopic (exact) mass is 328 g/mol. The minimum Gasteiger partial charge on any atom is -0.496 e. The van der Waals surface area contributed by atoms with Crippen molar-refractivity contribution in [2.75, 3.05) is 20.3 Å². The SMILES string of the molecule is COc1ccc(C2(CCCC(=O)O)COC2)cc1Br. The van der Waals surface area contributed by atoms with Crippen molar-refractivity contribution in [1.82, 2.24) is 0 Å². The van der Waals surface area contributed by atoms with Gasteiger partial charge in [-0.05, 0) is 46.5 Å². The summed E-state index contributed by atoms with van der Waals surface area (Å²) in [4.78, 5) is 10.6. The number of carbonyl (C=O) groups is 1. The summed E-state index contributed by atoms with van der Waals surface area (Å²) in [5, 5.41) is 8.73. The Bertz CT molecular complexity index is 469. The van der Waals surface area contributed by atoms with Crippen molar-refractivity contribution >= 4 is 21.9 Å². The van der Waals surface area contributed by atoms with Crippen molar-refractivity contribution in [2.45, 2.75) is 24.7 Å².